The number of aromatic nitrogens is 4. The predicted molar refractivity (Wildman–Crippen MR) is 252 cm³/mol. The van der Waals surface area contributed by atoms with Crippen LogP contribution in [0.3, 0.4) is 0 Å². The van der Waals surface area contributed by atoms with Gasteiger partial charge in [-0.25, -0.2) is 9.97 Å². The first-order valence-electron chi connectivity index (χ1n) is 20.7. The monoisotopic (exact) mass is 778 g/mol. The lowest BCUT2D eigenvalue weighted by Crippen LogP contribution is -2.04. The maximum Gasteiger partial charge on any atom is 0.235 e. The minimum atomic E-state index is 0.625. The van der Waals surface area contributed by atoms with Crippen molar-refractivity contribution in [3.8, 4) is 45.1 Å². The van der Waals surface area contributed by atoms with E-state index in [9.17, 15) is 0 Å². The standard InChI is InChI=1S/C56H34N4O/c1-2-15-35(16-3-1)54-44-21-4-8-26-47(44)57-56(58-54)60-50-32-31-38(59-48-27-9-5-19-41(48)42-20-6-10-28-49(42)59)34-46(50)43-25-13-24-40(55(43)60)37-18-12-17-36(33-37)39-23-14-30-52-53(39)45-22-7-11-29-51(45)61-52/h1-34H. The first-order valence-corrected chi connectivity index (χ1v) is 20.7. The Bertz CT molecular complexity index is 3840. The predicted octanol–water partition coefficient (Wildman–Crippen LogP) is 14.7. The average molecular weight is 779 g/mol. The van der Waals surface area contributed by atoms with E-state index >= 15 is 0 Å². The van der Waals surface area contributed by atoms with Gasteiger partial charge in [0, 0.05) is 54.5 Å². The summed E-state index contributed by atoms with van der Waals surface area (Å²) in [5.74, 6) is 0.625. The Morgan fingerprint density at radius 2 is 0.951 bits per heavy atom. The van der Waals surface area contributed by atoms with Gasteiger partial charge >= 0.3 is 0 Å². The molecule has 13 aromatic rings. The normalized spacial score (nSPS) is 11.9. The van der Waals surface area contributed by atoms with E-state index in [4.69, 9.17) is 14.4 Å². The fourth-order valence-electron chi connectivity index (χ4n) is 9.69. The van der Waals surface area contributed by atoms with Crippen molar-refractivity contribution < 1.29 is 4.42 Å². The molecule has 13 rings (SSSR count). The highest BCUT2D eigenvalue weighted by atomic mass is 16.3. The summed E-state index contributed by atoms with van der Waals surface area (Å²) in [6, 6.07) is 73.2. The number of benzene rings is 9. The lowest BCUT2D eigenvalue weighted by molar-refractivity contribution is 0.669. The van der Waals surface area contributed by atoms with Crippen LogP contribution in [0.1, 0.15) is 0 Å². The van der Waals surface area contributed by atoms with Gasteiger partial charge in [0.15, 0.2) is 0 Å². The van der Waals surface area contributed by atoms with Crippen molar-refractivity contribution in [3.05, 3.63) is 206 Å². The number of fused-ring (bicyclic) bond motifs is 10. The van der Waals surface area contributed by atoms with Crippen molar-refractivity contribution in [1.82, 2.24) is 19.1 Å². The maximum atomic E-state index is 6.32. The average Bonchev–Trinajstić information content (AvgIpc) is 3.99. The van der Waals surface area contributed by atoms with Crippen LogP contribution >= 0.6 is 0 Å². The van der Waals surface area contributed by atoms with Gasteiger partial charge in [0.2, 0.25) is 5.95 Å². The summed E-state index contributed by atoms with van der Waals surface area (Å²) < 4.78 is 11.0. The number of furan rings is 1. The van der Waals surface area contributed by atoms with Crippen molar-refractivity contribution in [2.24, 2.45) is 0 Å². The minimum absolute atomic E-state index is 0.625. The number of para-hydroxylation sites is 5. The summed E-state index contributed by atoms with van der Waals surface area (Å²) in [5.41, 5.74) is 14.6. The summed E-state index contributed by atoms with van der Waals surface area (Å²) in [5, 5.41) is 7.97. The molecule has 0 saturated heterocycles. The van der Waals surface area contributed by atoms with Crippen molar-refractivity contribution in [2.45, 2.75) is 0 Å². The van der Waals surface area contributed by atoms with Crippen LogP contribution in [-0.4, -0.2) is 19.1 Å². The van der Waals surface area contributed by atoms with Crippen molar-refractivity contribution >= 4 is 76.5 Å². The molecule has 0 aliphatic carbocycles. The summed E-state index contributed by atoms with van der Waals surface area (Å²) in [7, 11) is 0. The molecule has 0 fully saturated rings. The van der Waals surface area contributed by atoms with Gasteiger partial charge in [-0.05, 0) is 71.3 Å². The molecule has 4 aromatic heterocycles. The molecule has 61 heavy (non-hydrogen) atoms. The van der Waals surface area contributed by atoms with Gasteiger partial charge in [0.25, 0.3) is 0 Å². The molecule has 0 aliphatic rings. The molecule has 0 unspecified atom stereocenters. The summed E-state index contributed by atoms with van der Waals surface area (Å²) in [6.07, 6.45) is 0. The van der Waals surface area contributed by atoms with E-state index in [1.54, 1.807) is 0 Å². The minimum Gasteiger partial charge on any atom is -0.456 e. The highest BCUT2D eigenvalue weighted by Crippen LogP contribution is 2.43. The second-order valence-electron chi connectivity index (χ2n) is 15.7. The van der Waals surface area contributed by atoms with E-state index in [2.05, 4.69) is 197 Å². The zero-order valence-corrected chi connectivity index (χ0v) is 32.8. The quantitative estimate of drug-likeness (QED) is 0.175. The van der Waals surface area contributed by atoms with Crippen molar-refractivity contribution in [2.75, 3.05) is 0 Å². The van der Waals surface area contributed by atoms with E-state index in [-0.39, 0.29) is 0 Å². The largest absolute Gasteiger partial charge is 0.456 e. The molecule has 284 valence electrons. The van der Waals surface area contributed by atoms with Crippen LogP contribution in [0.5, 0.6) is 0 Å². The third-order valence-electron chi connectivity index (χ3n) is 12.3. The topological polar surface area (TPSA) is 48.8 Å². The Balaban J connectivity index is 1.11. The molecule has 0 aliphatic heterocycles. The first kappa shape index (κ1) is 33.7. The summed E-state index contributed by atoms with van der Waals surface area (Å²) in [6.45, 7) is 0. The molecule has 5 nitrogen and oxygen atoms in total. The Hall–Kier alpha value is -8.28. The number of hydrogen-bond donors (Lipinski definition) is 0. The number of nitrogens with zero attached hydrogens (tertiary/aromatic N) is 4. The Kier molecular flexibility index (Phi) is 7.24. The van der Waals surface area contributed by atoms with Gasteiger partial charge in [0.05, 0.1) is 33.3 Å². The van der Waals surface area contributed by atoms with E-state index in [0.717, 1.165) is 93.8 Å². The van der Waals surface area contributed by atoms with Gasteiger partial charge < -0.3 is 8.98 Å². The van der Waals surface area contributed by atoms with Crippen LogP contribution in [0.25, 0.3) is 122 Å². The van der Waals surface area contributed by atoms with Crippen LogP contribution < -0.4 is 0 Å². The maximum absolute atomic E-state index is 6.32. The second-order valence-corrected chi connectivity index (χ2v) is 15.7. The third kappa shape index (κ3) is 5.08. The SMILES string of the molecule is c1ccc(-c2nc(-n3c4ccc(-n5c6ccccc6c6ccccc65)cc4c4cccc(-c5cccc(-c6cccc7oc8ccccc8c67)c5)c43)nc3ccccc23)cc1. The van der Waals surface area contributed by atoms with Crippen LogP contribution in [0.2, 0.25) is 0 Å². The van der Waals surface area contributed by atoms with Crippen molar-refractivity contribution in [1.29, 1.82) is 0 Å². The van der Waals surface area contributed by atoms with Crippen LogP contribution in [0, 0.1) is 0 Å². The number of hydrogen-bond acceptors (Lipinski definition) is 3. The van der Waals surface area contributed by atoms with Gasteiger partial charge in [-0.3, -0.25) is 4.57 Å². The molecule has 0 saturated carbocycles. The molecular weight excluding hydrogens is 745 g/mol. The molecule has 4 heterocycles. The summed E-state index contributed by atoms with van der Waals surface area (Å²) in [4.78, 5) is 10.8. The Morgan fingerprint density at radius 1 is 0.361 bits per heavy atom. The lowest BCUT2D eigenvalue weighted by Gasteiger charge is -2.14. The van der Waals surface area contributed by atoms with E-state index < -0.39 is 0 Å². The zero-order chi connectivity index (χ0) is 40.0. The lowest BCUT2D eigenvalue weighted by atomic mass is 9.95. The third-order valence-corrected chi connectivity index (χ3v) is 12.3. The van der Waals surface area contributed by atoms with E-state index in [1.807, 2.05) is 18.2 Å². The smallest absolute Gasteiger partial charge is 0.235 e. The molecular formula is C56H34N4O. The van der Waals surface area contributed by atoms with Gasteiger partial charge in [0.1, 0.15) is 11.2 Å². The zero-order valence-electron chi connectivity index (χ0n) is 32.8. The fourth-order valence-corrected chi connectivity index (χ4v) is 9.69. The molecule has 0 amide bonds. The van der Waals surface area contributed by atoms with Gasteiger partial charge in [-0.2, -0.15) is 0 Å². The molecule has 0 bridgehead atoms. The van der Waals surface area contributed by atoms with Crippen molar-refractivity contribution in [3.63, 3.8) is 0 Å². The van der Waals surface area contributed by atoms with E-state index in [1.165, 1.54) is 21.8 Å². The van der Waals surface area contributed by atoms with Gasteiger partial charge in [-0.1, -0.05) is 152 Å². The van der Waals surface area contributed by atoms with Crippen LogP contribution in [0.4, 0.5) is 0 Å². The second kappa shape index (κ2) is 13.1. The van der Waals surface area contributed by atoms with Crippen LogP contribution in [-0.2, 0) is 0 Å². The Morgan fingerprint density at radius 3 is 1.77 bits per heavy atom. The molecule has 0 spiro atoms. The Labute approximate surface area is 350 Å². The fraction of sp³-hybridized carbons (Fsp3) is 0. The number of rotatable bonds is 5. The summed E-state index contributed by atoms with van der Waals surface area (Å²) >= 11 is 0. The highest BCUT2D eigenvalue weighted by Gasteiger charge is 2.22. The molecule has 0 radical (unpaired) electrons. The molecule has 5 heteroatoms. The molecule has 0 atom stereocenters. The van der Waals surface area contributed by atoms with Gasteiger partial charge in [-0.15, -0.1) is 0 Å². The van der Waals surface area contributed by atoms with Crippen LogP contribution in [0.15, 0.2) is 211 Å². The first-order chi connectivity index (χ1) is 30.3. The molecule has 0 N–H and O–H groups in total. The van der Waals surface area contributed by atoms with E-state index in [0.29, 0.717) is 5.95 Å². The highest BCUT2D eigenvalue weighted by molar-refractivity contribution is 6.16. The molecule has 9 aromatic carbocycles.